The molecule has 102 valence electrons. The van der Waals surface area contributed by atoms with Crippen molar-refractivity contribution in [1.29, 1.82) is 5.26 Å². The molecule has 1 fully saturated rings. The lowest BCUT2D eigenvalue weighted by Gasteiger charge is -2.35. The van der Waals surface area contributed by atoms with Gasteiger partial charge >= 0.3 is 0 Å². The SMILES string of the molecule is C[C@@H]1CN(CCC(=O)N(C)CCC#N)C[C@H](C)O1. The number of hydrogen-bond acceptors (Lipinski definition) is 4. The van der Waals surface area contributed by atoms with E-state index in [9.17, 15) is 4.79 Å². The number of nitriles is 1. The van der Waals surface area contributed by atoms with E-state index < -0.39 is 0 Å². The molecular weight excluding hydrogens is 230 g/mol. The Bertz CT molecular complexity index is 304. The first-order chi connectivity index (χ1) is 8.52. The molecule has 0 N–H and O–H groups in total. The van der Waals surface area contributed by atoms with Gasteiger partial charge < -0.3 is 9.64 Å². The number of amides is 1. The Kier molecular flexibility index (Phi) is 6.10. The van der Waals surface area contributed by atoms with Crippen molar-refractivity contribution in [3.8, 4) is 6.07 Å². The molecule has 0 aromatic carbocycles. The van der Waals surface area contributed by atoms with E-state index in [0.29, 0.717) is 19.4 Å². The number of morpholine rings is 1. The van der Waals surface area contributed by atoms with Gasteiger partial charge in [-0.25, -0.2) is 0 Å². The topological polar surface area (TPSA) is 56.6 Å². The molecule has 0 aromatic heterocycles. The maximum absolute atomic E-state index is 11.8. The van der Waals surface area contributed by atoms with E-state index in [2.05, 4.69) is 18.7 Å². The molecule has 5 nitrogen and oxygen atoms in total. The Morgan fingerprint density at radius 1 is 1.44 bits per heavy atom. The van der Waals surface area contributed by atoms with Crippen LogP contribution in [0, 0.1) is 11.3 Å². The first-order valence-electron chi connectivity index (χ1n) is 6.51. The van der Waals surface area contributed by atoms with Crippen LogP contribution in [0.15, 0.2) is 0 Å². The predicted molar refractivity (Wildman–Crippen MR) is 68.9 cm³/mol. The quantitative estimate of drug-likeness (QED) is 0.729. The van der Waals surface area contributed by atoms with Crippen LogP contribution in [0.5, 0.6) is 0 Å². The third-order valence-corrected chi connectivity index (χ3v) is 3.12. The van der Waals surface area contributed by atoms with E-state index in [1.165, 1.54) is 0 Å². The summed E-state index contributed by atoms with van der Waals surface area (Å²) in [6.45, 7) is 7.19. The largest absolute Gasteiger partial charge is 0.373 e. The molecular formula is C13H23N3O2. The Labute approximate surface area is 109 Å². The first-order valence-corrected chi connectivity index (χ1v) is 6.51. The maximum atomic E-state index is 11.8. The molecule has 0 radical (unpaired) electrons. The Morgan fingerprint density at radius 2 is 2.06 bits per heavy atom. The van der Waals surface area contributed by atoms with Gasteiger partial charge in [0.25, 0.3) is 0 Å². The second-order valence-electron chi connectivity index (χ2n) is 4.99. The van der Waals surface area contributed by atoms with Gasteiger partial charge in [-0.3, -0.25) is 9.69 Å². The van der Waals surface area contributed by atoms with Gasteiger partial charge in [0, 0.05) is 39.6 Å². The number of carbonyl (C=O) groups excluding carboxylic acids is 1. The minimum Gasteiger partial charge on any atom is -0.373 e. The van der Waals surface area contributed by atoms with Crippen molar-refractivity contribution in [2.75, 3.05) is 33.2 Å². The molecule has 1 aliphatic rings. The van der Waals surface area contributed by atoms with Gasteiger partial charge in [0.05, 0.1) is 24.7 Å². The summed E-state index contributed by atoms with van der Waals surface area (Å²) in [5.41, 5.74) is 0. The summed E-state index contributed by atoms with van der Waals surface area (Å²) in [4.78, 5) is 15.7. The highest BCUT2D eigenvalue weighted by atomic mass is 16.5. The van der Waals surface area contributed by atoms with E-state index in [1.54, 1.807) is 11.9 Å². The summed E-state index contributed by atoms with van der Waals surface area (Å²) in [7, 11) is 1.75. The van der Waals surface area contributed by atoms with Crippen LogP contribution in [0.3, 0.4) is 0 Å². The maximum Gasteiger partial charge on any atom is 0.223 e. The number of nitrogens with zero attached hydrogens (tertiary/aromatic N) is 3. The van der Waals surface area contributed by atoms with Gasteiger partial charge in [0.2, 0.25) is 5.91 Å². The van der Waals surface area contributed by atoms with Crippen LogP contribution < -0.4 is 0 Å². The molecule has 1 aliphatic heterocycles. The van der Waals surface area contributed by atoms with Gasteiger partial charge in [0.15, 0.2) is 0 Å². The standard InChI is InChI=1S/C13H23N3O2/c1-11-9-16(10-12(2)18-11)8-5-13(17)15(3)7-4-6-14/h11-12H,4-5,7-10H2,1-3H3/t11-,12+. The summed E-state index contributed by atoms with van der Waals surface area (Å²) in [5.74, 6) is 0.108. The molecule has 2 atom stereocenters. The zero-order valence-corrected chi connectivity index (χ0v) is 11.6. The van der Waals surface area contributed by atoms with E-state index in [0.717, 1.165) is 19.6 Å². The Balaban J connectivity index is 2.27. The molecule has 1 rings (SSSR count). The summed E-state index contributed by atoms with van der Waals surface area (Å²) in [6, 6.07) is 2.05. The molecule has 5 heteroatoms. The van der Waals surface area contributed by atoms with Crippen LogP contribution >= 0.6 is 0 Å². The van der Waals surface area contributed by atoms with Crippen molar-refractivity contribution in [3.63, 3.8) is 0 Å². The number of carbonyl (C=O) groups is 1. The smallest absolute Gasteiger partial charge is 0.223 e. The fourth-order valence-corrected chi connectivity index (χ4v) is 2.25. The Morgan fingerprint density at radius 3 is 2.61 bits per heavy atom. The van der Waals surface area contributed by atoms with Crippen LogP contribution in [-0.4, -0.2) is 61.1 Å². The second-order valence-corrected chi connectivity index (χ2v) is 4.99. The number of ether oxygens (including phenoxy) is 1. The number of hydrogen-bond donors (Lipinski definition) is 0. The normalized spacial score (nSPS) is 24.6. The molecule has 0 bridgehead atoms. The fraction of sp³-hybridized carbons (Fsp3) is 0.846. The van der Waals surface area contributed by atoms with E-state index in [4.69, 9.17) is 10.00 Å². The highest BCUT2D eigenvalue weighted by molar-refractivity contribution is 5.76. The number of rotatable bonds is 5. The lowest BCUT2D eigenvalue weighted by molar-refractivity contribution is -0.131. The summed E-state index contributed by atoms with van der Waals surface area (Å²) < 4.78 is 5.65. The van der Waals surface area contributed by atoms with Crippen LogP contribution in [0.2, 0.25) is 0 Å². The minimum absolute atomic E-state index is 0.108. The highest BCUT2D eigenvalue weighted by Crippen LogP contribution is 2.11. The van der Waals surface area contributed by atoms with Crippen molar-refractivity contribution in [2.24, 2.45) is 0 Å². The summed E-state index contributed by atoms with van der Waals surface area (Å²) in [5, 5.41) is 8.48. The van der Waals surface area contributed by atoms with Gasteiger partial charge in [0.1, 0.15) is 0 Å². The van der Waals surface area contributed by atoms with Crippen LogP contribution in [-0.2, 0) is 9.53 Å². The lowest BCUT2D eigenvalue weighted by atomic mass is 10.2. The predicted octanol–water partition coefficient (Wildman–Crippen LogP) is 0.858. The van der Waals surface area contributed by atoms with Crippen molar-refractivity contribution >= 4 is 5.91 Å². The second kappa shape index (κ2) is 7.34. The van der Waals surface area contributed by atoms with E-state index >= 15 is 0 Å². The zero-order valence-electron chi connectivity index (χ0n) is 11.6. The molecule has 0 aromatic rings. The van der Waals surface area contributed by atoms with Gasteiger partial charge in [-0.05, 0) is 13.8 Å². The van der Waals surface area contributed by atoms with Crippen LogP contribution in [0.4, 0.5) is 0 Å². The molecule has 0 saturated carbocycles. The summed E-state index contributed by atoms with van der Waals surface area (Å²) in [6.07, 6.45) is 1.38. The van der Waals surface area contributed by atoms with Crippen LogP contribution in [0.1, 0.15) is 26.7 Å². The molecule has 1 amide bonds. The van der Waals surface area contributed by atoms with Crippen LogP contribution in [0.25, 0.3) is 0 Å². The highest BCUT2D eigenvalue weighted by Gasteiger charge is 2.22. The molecule has 18 heavy (non-hydrogen) atoms. The van der Waals surface area contributed by atoms with Gasteiger partial charge in [-0.1, -0.05) is 0 Å². The molecule has 0 spiro atoms. The zero-order chi connectivity index (χ0) is 13.5. The van der Waals surface area contributed by atoms with Crippen molar-refractivity contribution < 1.29 is 9.53 Å². The molecule has 0 aliphatic carbocycles. The van der Waals surface area contributed by atoms with Gasteiger partial charge in [-0.15, -0.1) is 0 Å². The molecule has 0 unspecified atom stereocenters. The van der Waals surface area contributed by atoms with Gasteiger partial charge in [-0.2, -0.15) is 5.26 Å². The van der Waals surface area contributed by atoms with Crippen molar-refractivity contribution in [3.05, 3.63) is 0 Å². The minimum atomic E-state index is 0.108. The fourth-order valence-electron chi connectivity index (χ4n) is 2.25. The average Bonchev–Trinajstić information content (AvgIpc) is 2.31. The van der Waals surface area contributed by atoms with Crippen molar-refractivity contribution in [2.45, 2.75) is 38.9 Å². The molecule has 1 heterocycles. The monoisotopic (exact) mass is 253 g/mol. The van der Waals surface area contributed by atoms with E-state index in [-0.39, 0.29) is 18.1 Å². The average molecular weight is 253 g/mol. The first kappa shape index (κ1) is 14.9. The summed E-state index contributed by atoms with van der Waals surface area (Å²) >= 11 is 0. The lowest BCUT2D eigenvalue weighted by Crippen LogP contribution is -2.46. The third kappa shape index (κ3) is 5.03. The van der Waals surface area contributed by atoms with Crippen molar-refractivity contribution in [1.82, 2.24) is 9.80 Å². The third-order valence-electron chi connectivity index (χ3n) is 3.12. The van der Waals surface area contributed by atoms with E-state index in [1.807, 2.05) is 6.07 Å². The molecule has 1 saturated heterocycles. The Hall–Kier alpha value is -1.12.